The fraction of sp³-hybridized carbons (Fsp3) is 0. The molecule has 0 atom stereocenters. The Labute approximate surface area is 104 Å². The molecule has 8 N–H and O–H groups in total. The molecule has 0 aromatic heterocycles. The third-order valence-electron chi connectivity index (χ3n) is 0. The first-order valence-electron chi connectivity index (χ1n) is 1.95. The molecule has 14 heavy (non-hydrogen) atoms. The Morgan fingerprint density at radius 3 is 0.571 bits per heavy atom. The summed E-state index contributed by atoms with van der Waals surface area (Å²) in [4.78, 5) is 25.7. The monoisotopic (exact) mass is 343 g/mol. The molecule has 0 heterocycles. The Hall–Kier alpha value is -1.04. The van der Waals surface area contributed by atoms with Crippen LogP contribution in [0.4, 0.5) is 14.4 Å². The van der Waals surface area contributed by atoms with Gasteiger partial charge in [0.25, 0.3) is 0 Å². The molecule has 1 radical (unpaired) electrons. The van der Waals surface area contributed by atoms with Gasteiger partial charge < -0.3 is 36.1 Å². The summed E-state index contributed by atoms with van der Waals surface area (Å²) in [6, 6.07) is 0. The first kappa shape index (κ1) is 29.3. The molecule has 0 rings (SSSR count). The van der Waals surface area contributed by atoms with Crippen LogP contribution in [0.1, 0.15) is 0 Å². The maximum absolute atomic E-state index is 8.56. The molecule has 0 fully saturated rings. The van der Waals surface area contributed by atoms with Gasteiger partial charge >= 0.3 is 18.5 Å². The molecule has 83 valence electrons. The molecule has 0 aromatic rings. The predicted molar refractivity (Wildman–Crippen MR) is 35.6 cm³/mol. The number of carboxylic acid groups (broad SMARTS) is 6. The van der Waals surface area contributed by atoms with E-state index in [0.717, 1.165) is 0 Å². The van der Waals surface area contributed by atoms with E-state index >= 15 is 0 Å². The number of hydrogen-bond acceptors (Lipinski definition) is 3. The van der Waals surface area contributed by atoms with Crippen molar-refractivity contribution in [2.45, 2.75) is 0 Å². The van der Waals surface area contributed by atoms with E-state index in [-0.39, 0.29) is 41.1 Å². The number of rotatable bonds is 0. The molecule has 0 aliphatic heterocycles. The first-order chi connectivity index (χ1) is 5.20. The summed E-state index contributed by atoms with van der Waals surface area (Å²) in [6.45, 7) is 0. The van der Waals surface area contributed by atoms with Gasteiger partial charge in [-0.05, 0) is 0 Å². The van der Waals surface area contributed by atoms with Gasteiger partial charge in [0.1, 0.15) is 0 Å². The third-order valence-corrected chi connectivity index (χ3v) is 0. The van der Waals surface area contributed by atoms with E-state index in [1.165, 1.54) is 0 Å². The molecule has 0 unspecified atom stereocenters. The van der Waals surface area contributed by atoms with Crippen molar-refractivity contribution in [1.82, 2.24) is 0 Å². The molecule has 0 saturated carbocycles. The second kappa shape index (κ2) is 22.7. The van der Waals surface area contributed by atoms with Gasteiger partial charge in [-0.3, -0.25) is 0 Å². The van der Waals surface area contributed by atoms with Crippen LogP contribution >= 0.6 is 0 Å². The summed E-state index contributed by atoms with van der Waals surface area (Å²) in [7, 11) is 0. The third kappa shape index (κ3) is 1020. The minimum Gasteiger partial charge on any atom is -0.450 e. The van der Waals surface area contributed by atoms with E-state index in [9.17, 15) is 0 Å². The fourth-order valence-electron chi connectivity index (χ4n) is 0. The maximum atomic E-state index is 8.56. The molecule has 0 aliphatic rings. The molecule has 0 aromatic carbocycles. The zero-order chi connectivity index (χ0) is 10.7. The molecule has 10 nitrogen and oxygen atoms in total. The van der Waals surface area contributed by atoms with Gasteiger partial charge in [-0.2, -0.15) is 0 Å². The average molecular weight is 343 g/mol. The summed E-state index contributed by atoms with van der Waals surface area (Å²) < 4.78 is 0. The largest absolute Gasteiger partial charge is 0.503 e. The number of hydrogen-bond donors (Lipinski definition) is 6. The smallest absolute Gasteiger partial charge is 0.450 e. The summed E-state index contributed by atoms with van der Waals surface area (Å²) in [5.41, 5.74) is 0. The summed E-state index contributed by atoms with van der Waals surface area (Å²) in [5.74, 6) is 0. The Bertz CT molecular complexity index is 113. The van der Waals surface area contributed by atoms with Crippen molar-refractivity contribution in [3.63, 3.8) is 0 Å². The van der Waals surface area contributed by atoms with Crippen molar-refractivity contribution in [3.05, 3.63) is 0 Å². The molecule has 11 heteroatoms. The van der Waals surface area contributed by atoms with Crippen LogP contribution in [-0.2, 0) is 0 Å². The summed E-state index contributed by atoms with van der Waals surface area (Å²) in [6.07, 6.45) is -5.50. The Morgan fingerprint density at radius 1 is 0.571 bits per heavy atom. The van der Waals surface area contributed by atoms with E-state index in [0.29, 0.717) is 0 Å². The molecule has 0 aliphatic carbocycles. The van der Waals surface area contributed by atoms with Crippen LogP contribution in [-0.4, -0.2) is 54.6 Å². The van der Waals surface area contributed by atoms with E-state index in [1.54, 1.807) is 0 Å². The Morgan fingerprint density at radius 2 is 0.571 bits per heavy atom. The van der Waals surface area contributed by atoms with Crippen LogP contribution < -0.4 is 0 Å². The van der Waals surface area contributed by atoms with Crippen LogP contribution in [0.5, 0.6) is 0 Å². The molecular weight excluding hydrogens is 335 g/mol. The van der Waals surface area contributed by atoms with Crippen LogP contribution in [0.15, 0.2) is 0 Å². The van der Waals surface area contributed by atoms with E-state index in [4.69, 9.17) is 45.0 Å². The standard InChI is InChI=1S/3CH2O3.La.H2O/c3*2-1(3)4;;/h3*(H2,2,3,4);;1H2. The maximum Gasteiger partial charge on any atom is 0.503 e. The van der Waals surface area contributed by atoms with Crippen LogP contribution in [0.2, 0.25) is 0 Å². The van der Waals surface area contributed by atoms with Crippen molar-refractivity contribution in [2.75, 3.05) is 0 Å². The van der Waals surface area contributed by atoms with Crippen LogP contribution in [0.3, 0.4) is 0 Å². The zero-order valence-corrected chi connectivity index (χ0v) is 10.1. The van der Waals surface area contributed by atoms with Gasteiger partial charge in [-0.15, -0.1) is 0 Å². The van der Waals surface area contributed by atoms with Crippen molar-refractivity contribution in [3.8, 4) is 0 Å². The molecule has 0 saturated heterocycles. The van der Waals surface area contributed by atoms with E-state index in [2.05, 4.69) is 0 Å². The quantitative estimate of drug-likeness (QED) is 0.345. The fourth-order valence-corrected chi connectivity index (χ4v) is 0. The molecular formula is C3H8LaO10. The minimum atomic E-state index is -1.83. The first-order valence-corrected chi connectivity index (χ1v) is 1.95. The second-order valence-corrected chi connectivity index (χ2v) is 0.848. The topological polar surface area (TPSA) is 204 Å². The van der Waals surface area contributed by atoms with Crippen molar-refractivity contribution >= 4 is 18.5 Å². The minimum absolute atomic E-state index is 0. The summed E-state index contributed by atoms with van der Waals surface area (Å²) >= 11 is 0. The average Bonchev–Trinajstić information content (AvgIpc) is 1.54. The van der Waals surface area contributed by atoms with Gasteiger partial charge in [0.05, 0.1) is 0 Å². The van der Waals surface area contributed by atoms with Crippen molar-refractivity contribution < 1.29 is 86.1 Å². The van der Waals surface area contributed by atoms with E-state index in [1.807, 2.05) is 0 Å². The SMILES string of the molecule is O.O=C(O)O.O=C(O)O.O=C(O)O.[La]. The van der Waals surface area contributed by atoms with Crippen molar-refractivity contribution in [1.29, 1.82) is 0 Å². The normalized spacial score (nSPS) is 5.14. The van der Waals surface area contributed by atoms with Gasteiger partial charge in [-0.25, -0.2) is 14.4 Å². The van der Waals surface area contributed by atoms with Crippen molar-refractivity contribution in [2.24, 2.45) is 0 Å². The number of carbonyl (C=O) groups is 3. The second-order valence-electron chi connectivity index (χ2n) is 0.848. The molecule has 0 amide bonds. The Kier molecular flexibility index (Phi) is 47.4. The zero-order valence-electron chi connectivity index (χ0n) is 6.49. The Balaban J connectivity index is -0.0000000270. The molecule has 0 bridgehead atoms. The van der Waals surface area contributed by atoms with Gasteiger partial charge in [0.15, 0.2) is 0 Å². The predicted octanol–water partition coefficient (Wildman–Crippen LogP) is -0.157. The van der Waals surface area contributed by atoms with Crippen LogP contribution in [0.25, 0.3) is 0 Å². The molecule has 0 spiro atoms. The van der Waals surface area contributed by atoms with Gasteiger partial charge in [0, 0.05) is 35.6 Å². The summed E-state index contributed by atoms with van der Waals surface area (Å²) in [5, 5.41) is 41.8. The van der Waals surface area contributed by atoms with E-state index < -0.39 is 18.5 Å². The van der Waals surface area contributed by atoms with Crippen LogP contribution in [0, 0.1) is 35.6 Å². The van der Waals surface area contributed by atoms with Gasteiger partial charge in [0.2, 0.25) is 0 Å². The van der Waals surface area contributed by atoms with Gasteiger partial charge in [-0.1, -0.05) is 0 Å².